The van der Waals surface area contributed by atoms with Gasteiger partial charge in [0, 0.05) is 17.3 Å². The Balaban J connectivity index is 1.84. The molecule has 8 heteroatoms. The number of hydrogen-bond acceptors (Lipinski definition) is 8. The molecule has 194 valence electrons. The maximum atomic E-state index is 14.0. The van der Waals surface area contributed by atoms with E-state index in [1.165, 1.54) is 19.9 Å². The number of methoxy groups -OCH3 is 1. The van der Waals surface area contributed by atoms with Crippen LogP contribution in [0.5, 0.6) is 23.0 Å². The molecule has 1 heterocycles. The van der Waals surface area contributed by atoms with E-state index in [-0.39, 0.29) is 51.5 Å². The Hall–Kier alpha value is -4.07. The number of phenolic OH excluding ortho intramolecular Hbond substituents is 2. The maximum absolute atomic E-state index is 14.0. The first kappa shape index (κ1) is 26.0. The number of fused-ring (bicyclic) bond motifs is 3. The van der Waals surface area contributed by atoms with Crippen LogP contribution in [0.15, 0.2) is 47.4 Å². The first-order chi connectivity index (χ1) is 17.3. The topological polar surface area (TPSA) is 122 Å². The molecule has 8 nitrogen and oxygen atoms in total. The Kier molecular flexibility index (Phi) is 6.40. The lowest BCUT2D eigenvalue weighted by Gasteiger charge is -2.31. The fourth-order valence-corrected chi connectivity index (χ4v) is 5.11. The lowest BCUT2D eigenvalue weighted by molar-refractivity contribution is -0.123. The van der Waals surface area contributed by atoms with Crippen molar-refractivity contribution in [3.63, 3.8) is 0 Å². The Morgan fingerprint density at radius 3 is 2.24 bits per heavy atom. The molecule has 0 unspecified atom stereocenters. The average molecular weight is 506 g/mol. The second kappa shape index (κ2) is 9.10. The van der Waals surface area contributed by atoms with E-state index in [0.29, 0.717) is 5.70 Å². The van der Waals surface area contributed by atoms with Crippen molar-refractivity contribution < 1.29 is 34.1 Å². The minimum absolute atomic E-state index is 0.00686. The zero-order valence-corrected chi connectivity index (χ0v) is 22.0. The summed E-state index contributed by atoms with van der Waals surface area (Å²) in [4.78, 5) is 39.6. The van der Waals surface area contributed by atoms with E-state index in [4.69, 9.17) is 9.47 Å². The molecule has 0 radical (unpaired) electrons. The fraction of sp³-hybridized carbons (Fsp3) is 0.345. The summed E-state index contributed by atoms with van der Waals surface area (Å²) >= 11 is 0. The van der Waals surface area contributed by atoms with E-state index in [0.717, 1.165) is 11.3 Å². The van der Waals surface area contributed by atoms with Crippen molar-refractivity contribution in [1.82, 2.24) is 5.32 Å². The van der Waals surface area contributed by atoms with Gasteiger partial charge in [-0.2, -0.15) is 0 Å². The first-order valence-corrected chi connectivity index (χ1v) is 12.0. The van der Waals surface area contributed by atoms with Crippen molar-refractivity contribution in [1.29, 1.82) is 0 Å². The molecular formula is C29H31NO7. The molecule has 3 N–H and O–H groups in total. The molecule has 0 bridgehead atoms. The van der Waals surface area contributed by atoms with Gasteiger partial charge in [0.2, 0.25) is 0 Å². The van der Waals surface area contributed by atoms with Gasteiger partial charge in [-0.05, 0) is 51.3 Å². The fourth-order valence-electron chi connectivity index (χ4n) is 5.11. The standard InChI is InChI=1S/C29H31NO7/c1-13(2)24(17-8-10-18(36-7)11-9-17)30-15(4)21-19(32)12-20-29(6,28(21)35)23-26(34)14(3)25(33)22(16(5)31)27(23)37-20/h8-13,24,30,33-34H,1-7H3/b21-15+/t24-,29-/m0/s1. The Bertz CT molecular complexity index is 1400. The number of nitrogens with one attached hydrogen (secondary N) is 1. The lowest BCUT2D eigenvalue weighted by atomic mass is 9.70. The second-order valence-electron chi connectivity index (χ2n) is 10.0. The van der Waals surface area contributed by atoms with Crippen molar-refractivity contribution >= 4 is 17.3 Å². The van der Waals surface area contributed by atoms with Gasteiger partial charge in [0.1, 0.15) is 39.7 Å². The highest BCUT2D eigenvalue weighted by molar-refractivity contribution is 6.31. The van der Waals surface area contributed by atoms with Crippen LogP contribution in [0, 0.1) is 12.8 Å². The molecule has 0 amide bonds. The van der Waals surface area contributed by atoms with Crippen molar-refractivity contribution in [3.8, 4) is 23.0 Å². The predicted octanol–water partition coefficient (Wildman–Crippen LogP) is 4.56. The highest BCUT2D eigenvalue weighted by atomic mass is 16.5. The minimum Gasteiger partial charge on any atom is -0.507 e. The van der Waals surface area contributed by atoms with E-state index >= 15 is 0 Å². The van der Waals surface area contributed by atoms with Crippen LogP contribution in [0.1, 0.15) is 67.7 Å². The molecule has 0 spiro atoms. The molecule has 1 aliphatic carbocycles. The summed E-state index contributed by atoms with van der Waals surface area (Å²) in [6.45, 7) is 9.99. The summed E-state index contributed by atoms with van der Waals surface area (Å²) in [5.74, 6) is -1.64. The minimum atomic E-state index is -1.55. The van der Waals surface area contributed by atoms with Crippen LogP contribution >= 0.6 is 0 Å². The van der Waals surface area contributed by atoms with E-state index in [1.807, 2.05) is 38.1 Å². The number of benzene rings is 2. The first-order valence-electron chi connectivity index (χ1n) is 12.0. The number of hydrogen-bond donors (Lipinski definition) is 3. The third kappa shape index (κ3) is 3.87. The molecule has 0 fully saturated rings. The number of ether oxygens (including phenoxy) is 2. The summed E-state index contributed by atoms with van der Waals surface area (Å²) in [6, 6.07) is 7.34. The highest BCUT2D eigenvalue weighted by Crippen LogP contribution is 2.57. The molecule has 0 aromatic heterocycles. The molecule has 37 heavy (non-hydrogen) atoms. The average Bonchev–Trinajstić information content (AvgIpc) is 3.13. The van der Waals surface area contributed by atoms with Gasteiger partial charge in [0.05, 0.1) is 24.3 Å². The Morgan fingerprint density at radius 1 is 1.08 bits per heavy atom. The molecule has 2 aliphatic rings. The summed E-state index contributed by atoms with van der Waals surface area (Å²) in [7, 11) is 1.59. The van der Waals surface area contributed by atoms with Crippen LogP contribution in [0.3, 0.4) is 0 Å². The molecule has 4 rings (SSSR count). The van der Waals surface area contributed by atoms with Gasteiger partial charge in [0.25, 0.3) is 0 Å². The van der Waals surface area contributed by atoms with Gasteiger partial charge in [-0.15, -0.1) is 0 Å². The Morgan fingerprint density at radius 2 is 1.70 bits per heavy atom. The van der Waals surface area contributed by atoms with Gasteiger partial charge in [-0.3, -0.25) is 14.4 Å². The number of rotatable bonds is 6. The molecule has 2 aromatic carbocycles. The number of ketones is 3. The lowest BCUT2D eigenvalue weighted by Crippen LogP contribution is -2.41. The summed E-state index contributed by atoms with van der Waals surface area (Å²) in [5, 5.41) is 24.8. The van der Waals surface area contributed by atoms with Gasteiger partial charge in [-0.1, -0.05) is 26.0 Å². The predicted molar refractivity (Wildman–Crippen MR) is 137 cm³/mol. The maximum Gasteiger partial charge on any atom is 0.194 e. The van der Waals surface area contributed by atoms with Crippen LogP contribution in [0.25, 0.3) is 0 Å². The number of aromatic hydroxyl groups is 2. The van der Waals surface area contributed by atoms with Gasteiger partial charge in [-0.25, -0.2) is 0 Å². The van der Waals surface area contributed by atoms with E-state index in [9.17, 15) is 24.6 Å². The van der Waals surface area contributed by atoms with Crippen LogP contribution in [-0.2, 0) is 15.0 Å². The van der Waals surface area contributed by atoms with Crippen molar-refractivity contribution in [3.05, 3.63) is 69.6 Å². The van der Waals surface area contributed by atoms with Crippen molar-refractivity contribution in [2.45, 2.75) is 53.0 Å². The zero-order valence-electron chi connectivity index (χ0n) is 22.0. The summed E-state index contributed by atoms with van der Waals surface area (Å²) < 4.78 is 11.1. The van der Waals surface area contributed by atoms with Crippen LogP contribution in [-0.4, -0.2) is 34.7 Å². The quantitative estimate of drug-likeness (QED) is 0.297. The molecule has 2 aromatic rings. The summed E-state index contributed by atoms with van der Waals surface area (Å²) in [5.41, 5.74) is -0.285. The third-order valence-electron chi connectivity index (χ3n) is 7.27. The second-order valence-corrected chi connectivity index (χ2v) is 10.0. The smallest absolute Gasteiger partial charge is 0.194 e. The van der Waals surface area contributed by atoms with Gasteiger partial charge < -0.3 is 25.0 Å². The summed E-state index contributed by atoms with van der Waals surface area (Å²) in [6.07, 6.45) is 1.22. The SMILES string of the molecule is COc1ccc([C@@H](N/C(C)=C2\C(=O)C=C3Oc4c(C(C)=O)c(O)c(C)c(O)c4[C@@]3(C)C2=O)C(C)C)cc1. The number of phenols is 2. The monoisotopic (exact) mass is 505 g/mol. The number of carbonyl (C=O) groups excluding carboxylic acids is 3. The van der Waals surface area contributed by atoms with Crippen LogP contribution < -0.4 is 14.8 Å². The molecule has 2 atom stereocenters. The van der Waals surface area contributed by atoms with Gasteiger partial charge in [0.15, 0.2) is 17.3 Å². The van der Waals surface area contributed by atoms with E-state index in [2.05, 4.69) is 5.32 Å². The largest absolute Gasteiger partial charge is 0.507 e. The van der Waals surface area contributed by atoms with Crippen molar-refractivity contribution in [2.75, 3.05) is 7.11 Å². The third-order valence-corrected chi connectivity index (χ3v) is 7.27. The molecule has 0 saturated carbocycles. The van der Waals surface area contributed by atoms with E-state index in [1.54, 1.807) is 21.0 Å². The van der Waals surface area contributed by atoms with E-state index < -0.39 is 28.5 Å². The normalized spacial score (nSPS) is 20.6. The van der Waals surface area contributed by atoms with Crippen LogP contribution in [0.4, 0.5) is 0 Å². The zero-order chi connectivity index (χ0) is 27.4. The van der Waals surface area contributed by atoms with Crippen LogP contribution in [0.2, 0.25) is 0 Å². The molecule has 0 saturated heterocycles. The highest BCUT2D eigenvalue weighted by Gasteiger charge is 2.56. The number of carbonyl (C=O) groups is 3. The number of Topliss-reactive ketones (excluding diaryl/α,β-unsaturated/α-hetero) is 2. The number of allylic oxidation sites excluding steroid dienone is 4. The van der Waals surface area contributed by atoms with Gasteiger partial charge >= 0.3 is 0 Å². The molecule has 1 aliphatic heterocycles. The Labute approximate surface area is 215 Å². The van der Waals surface area contributed by atoms with Crippen molar-refractivity contribution in [2.24, 2.45) is 5.92 Å². The molecular weight excluding hydrogens is 474 g/mol.